The molecular formula is C15H24N2O2. The van der Waals surface area contributed by atoms with Crippen LogP contribution in [0.2, 0.25) is 0 Å². The highest BCUT2D eigenvalue weighted by Gasteiger charge is 2.35. The van der Waals surface area contributed by atoms with Gasteiger partial charge in [-0.15, -0.1) is 0 Å². The Labute approximate surface area is 115 Å². The van der Waals surface area contributed by atoms with Crippen LogP contribution in [0.25, 0.3) is 0 Å². The van der Waals surface area contributed by atoms with Gasteiger partial charge in [-0.2, -0.15) is 0 Å². The van der Waals surface area contributed by atoms with E-state index in [9.17, 15) is 4.79 Å². The molecule has 1 N–H and O–H groups in total. The molecule has 0 saturated heterocycles. The molecule has 19 heavy (non-hydrogen) atoms. The van der Waals surface area contributed by atoms with Crippen LogP contribution < -0.4 is 10.2 Å². The Hall–Kier alpha value is -1.55. The molecule has 1 aromatic carbocycles. The molecule has 0 amide bonds. The number of carbonyl (C=O) groups is 1. The van der Waals surface area contributed by atoms with Crippen LogP contribution in [0.5, 0.6) is 0 Å². The summed E-state index contributed by atoms with van der Waals surface area (Å²) in [6.45, 7) is 4.69. The molecule has 4 heteroatoms. The first kappa shape index (κ1) is 15.5. The van der Waals surface area contributed by atoms with E-state index in [0.29, 0.717) is 0 Å². The predicted octanol–water partition coefficient (Wildman–Crippen LogP) is 2.14. The van der Waals surface area contributed by atoms with Crippen LogP contribution >= 0.6 is 0 Å². The van der Waals surface area contributed by atoms with Crippen molar-refractivity contribution >= 4 is 11.7 Å². The maximum atomic E-state index is 12.1. The van der Waals surface area contributed by atoms with Gasteiger partial charge in [0.05, 0.1) is 7.11 Å². The zero-order valence-electron chi connectivity index (χ0n) is 12.5. The molecule has 0 bridgehead atoms. The third-order valence-electron chi connectivity index (χ3n) is 3.28. The van der Waals surface area contributed by atoms with Gasteiger partial charge >= 0.3 is 5.97 Å². The maximum absolute atomic E-state index is 12.1. The lowest BCUT2D eigenvalue weighted by Crippen LogP contribution is -2.47. The molecule has 106 valence electrons. The zero-order valence-corrected chi connectivity index (χ0v) is 12.5. The summed E-state index contributed by atoms with van der Waals surface area (Å²) in [5, 5.41) is 3.27. The lowest BCUT2D eigenvalue weighted by Gasteiger charge is -2.29. The average Bonchev–Trinajstić information content (AvgIpc) is 2.43. The average molecular weight is 264 g/mol. The van der Waals surface area contributed by atoms with Gasteiger partial charge in [0, 0.05) is 19.8 Å². The summed E-state index contributed by atoms with van der Waals surface area (Å²) < 4.78 is 4.93. The second kappa shape index (κ2) is 6.57. The van der Waals surface area contributed by atoms with E-state index >= 15 is 0 Å². The third-order valence-corrected chi connectivity index (χ3v) is 3.28. The molecule has 0 radical (unpaired) electrons. The molecule has 0 aromatic heterocycles. The maximum Gasteiger partial charge on any atom is 0.330 e. The first-order chi connectivity index (χ1) is 8.95. The summed E-state index contributed by atoms with van der Waals surface area (Å²) in [7, 11) is 5.40. The van der Waals surface area contributed by atoms with Crippen LogP contribution in [0.1, 0.15) is 25.8 Å². The minimum Gasteiger partial charge on any atom is -0.467 e. The van der Waals surface area contributed by atoms with E-state index in [4.69, 9.17) is 4.74 Å². The fourth-order valence-electron chi connectivity index (χ4n) is 1.96. The van der Waals surface area contributed by atoms with E-state index in [-0.39, 0.29) is 5.97 Å². The van der Waals surface area contributed by atoms with Gasteiger partial charge in [0.25, 0.3) is 0 Å². The molecule has 0 fully saturated rings. The van der Waals surface area contributed by atoms with Gasteiger partial charge < -0.3 is 9.64 Å². The van der Waals surface area contributed by atoms with Gasteiger partial charge in [0.1, 0.15) is 5.54 Å². The molecule has 0 aliphatic carbocycles. The van der Waals surface area contributed by atoms with E-state index in [1.807, 2.05) is 50.2 Å². The van der Waals surface area contributed by atoms with Crippen LogP contribution in [0.3, 0.4) is 0 Å². The van der Waals surface area contributed by atoms with Crippen molar-refractivity contribution in [2.75, 3.05) is 32.6 Å². The number of anilines is 1. The van der Waals surface area contributed by atoms with Crippen LogP contribution in [0, 0.1) is 0 Å². The van der Waals surface area contributed by atoms with Crippen LogP contribution in [-0.2, 0) is 15.1 Å². The topological polar surface area (TPSA) is 41.6 Å². The van der Waals surface area contributed by atoms with Crippen molar-refractivity contribution in [1.29, 1.82) is 0 Å². The number of benzene rings is 1. The SMILES string of the molecule is CCCNC(C)(C(=O)OC)c1ccc(N(C)C)cc1. The second-order valence-electron chi connectivity index (χ2n) is 4.98. The highest BCUT2D eigenvalue weighted by atomic mass is 16.5. The molecular weight excluding hydrogens is 240 g/mol. The Balaban J connectivity index is 3.06. The molecule has 1 rings (SSSR count). The van der Waals surface area contributed by atoms with E-state index in [1.165, 1.54) is 7.11 Å². The minimum absolute atomic E-state index is 0.265. The van der Waals surface area contributed by atoms with Crippen molar-refractivity contribution in [3.8, 4) is 0 Å². The molecule has 1 atom stereocenters. The zero-order chi connectivity index (χ0) is 14.5. The van der Waals surface area contributed by atoms with Crippen molar-refractivity contribution in [3.05, 3.63) is 29.8 Å². The quantitative estimate of drug-likeness (QED) is 0.799. The van der Waals surface area contributed by atoms with Crippen molar-refractivity contribution in [2.24, 2.45) is 0 Å². The standard InChI is InChI=1S/C15H24N2O2/c1-6-11-16-15(2,14(18)19-5)12-7-9-13(10-8-12)17(3)4/h7-10,16H,6,11H2,1-5H3. The summed E-state index contributed by atoms with van der Waals surface area (Å²) in [5.74, 6) is -0.265. The van der Waals surface area contributed by atoms with Gasteiger partial charge in [0.15, 0.2) is 0 Å². The number of nitrogens with one attached hydrogen (secondary N) is 1. The Bertz CT molecular complexity index is 415. The first-order valence-electron chi connectivity index (χ1n) is 6.57. The number of hydrogen-bond acceptors (Lipinski definition) is 4. The number of carbonyl (C=O) groups excluding carboxylic acids is 1. The molecule has 0 saturated carbocycles. The van der Waals surface area contributed by atoms with Gasteiger partial charge in [-0.3, -0.25) is 5.32 Å². The Kier molecular flexibility index (Phi) is 5.36. The van der Waals surface area contributed by atoms with Crippen molar-refractivity contribution in [2.45, 2.75) is 25.8 Å². The fourth-order valence-corrected chi connectivity index (χ4v) is 1.96. The van der Waals surface area contributed by atoms with Crippen LogP contribution in [0.15, 0.2) is 24.3 Å². The van der Waals surface area contributed by atoms with E-state index in [2.05, 4.69) is 12.2 Å². The second-order valence-corrected chi connectivity index (χ2v) is 4.98. The third kappa shape index (κ3) is 3.47. The van der Waals surface area contributed by atoms with Crippen molar-refractivity contribution in [1.82, 2.24) is 5.32 Å². The van der Waals surface area contributed by atoms with E-state index < -0.39 is 5.54 Å². The molecule has 4 nitrogen and oxygen atoms in total. The molecule has 0 heterocycles. The molecule has 1 aromatic rings. The summed E-state index contributed by atoms with van der Waals surface area (Å²) in [6.07, 6.45) is 0.961. The summed E-state index contributed by atoms with van der Waals surface area (Å²) in [6, 6.07) is 7.94. The molecule has 1 unspecified atom stereocenters. The van der Waals surface area contributed by atoms with Crippen LogP contribution in [0.4, 0.5) is 5.69 Å². The normalized spacial score (nSPS) is 13.7. The highest BCUT2D eigenvalue weighted by molar-refractivity contribution is 5.82. The molecule has 0 aliphatic rings. The lowest BCUT2D eigenvalue weighted by atomic mass is 9.91. The number of methoxy groups -OCH3 is 1. The van der Waals surface area contributed by atoms with Gasteiger partial charge in [-0.1, -0.05) is 19.1 Å². The monoisotopic (exact) mass is 264 g/mol. The summed E-state index contributed by atoms with van der Waals surface area (Å²) in [5.41, 5.74) is 1.22. The number of ether oxygens (including phenoxy) is 1. The Morgan fingerprint density at radius 3 is 2.32 bits per heavy atom. The lowest BCUT2D eigenvalue weighted by molar-refractivity contribution is -0.148. The smallest absolute Gasteiger partial charge is 0.330 e. The van der Waals surface area contributed by atoms with E-state index in [1.54, 1.807) is 0 Å². The van der Waals surface area contributed by atoms with Gasteiger partial charge in [-0.05, 0) is 37.6 Å². The largest absolute Gasteiger partial charge is 0.467 e. The number of nitrogens with zero attached hydrogens (tertiary/aromatic N) is 1. The number of esters is 1. The predicted molar refractivity (Wildman–Crippen MR) is 78.4 cm³/mol. The van der Waals surface area contributed by atoms with Crippen molar-refractivity contribution < 1.29 is 9.53 Å². The number of hydrogen-bond donors (Lipinski definition) is 1. The fraction of sp³-hybridized carbons (Fsp3) is 0.533. The first-order valence-corrected chi connectivity index (χ1v) is 6.57. The van der Waals surface area contributed by atoms with Crippen molar-refractivity contribution in [3.63, 3.8) is 0 Å². The highest BCUT2D eigenvalue weighted by Crippen LogP contribution is 2.24. The molecule has 0 aliphatic heterocycles. The Morgan fingerprint density at radius 2 is 1.89 bits per heavy atom. The number of rotatable bonds is 6. The summed E-state index contributed by atoms with van der Waals surface area (Å²) >= 11 is 0. The Morgan fingerprint density at radius 1 is 1.32 bits per heavy atom. The van der Waals surface area contributed by atoms with Gasteiger partial charge in [-0.25, -0.2) is 4.79 Å². The van der Waals surface area contributed by atoms with Crippen LogP contribution in [-0.4, -0.2) is 33.7 Å². The van der Waals surface area contributed by atoms with Gasteiger partial charge in [0.2, 0.25) is 0 Å². The molecule has 0 spiro atoms. The summed E-state index contributed by atoms with van der Waals surface area (Å²) in [4.78, 5) is 14.1. The van der Waals surface area contributed by atoms with E-state index in [0.717, 1.165) is 24.2 Å². The minimum atomic E-state index is -0.796.